The van der Waals surface area contributed by atoms with Crippen molar-refractivity contribution in [3.05, 3.63) is 21.3 Å². The summed E-state index contributed by atoms with van der Waals surface area (Å²) in [5, 5.41) is 2.14. The summed E-state index contributed by atoms with van der Waals surface area (Å²) in [6.07, 6.45) is 2.25. The van der Waals surface area contributed by atoms with E-state index in [1.165, 1.54) is 5.56 Å². The number of nitrogens with two attached hydrogens (primary N) is 1. The van der Waals surface area contributed by atoms with Gasteiger partial charge in [0.1, 0.15) is 0 Å². The van der Waals surface area contributed by atoms with Crippen LogP contribution in [0.15, 0.2) is 11.4 Å². The summed E-state index contributed by atoms with van der Waals surface area (Å²) in [4.78, 5) is 2.45. The van der Waals surface area contributed by atoms with Crippen molar-refractivity contribution < 1.29 is 0 Å². The average Bonchev–Trinajstić information content (AvgIpc) is 2.56. The van der Waals surface area contributed by atoms with Crippen molar-refractivity contribution in [1.29, 1.82) is 0 Å². The second-order valence-corrected chi connectivity index (χ2v) is 5.42. The highest BCUT2D eigenvalue weighted by Crippen LogP contribution is 2.22. The maximum absolute atomic E-state index is 5.88. The Morgan fingerprint density at radius 1 is 1.50 bits per heavy atom. The smallest absolute Gasteiger partial charge is 0.0931 e. The number of hydrogen-bond donors (Lipinski definition) is 1. The molecule has 0 radical (unpaired) electrons. The summed E-state index contributed by atoms with van der Waals surface area (Å²) in [7, 11) is 0. The number of halogens is 1. The molecule has 2 rings (SSSR count). The lowest BCUT2D eigenvalue weighted by Gasteiger charge is -2.29. The molecule has 1 aromatic rings. The van der Waals surface area contributed by atoms with Crippen LogP contribution >= 0.6 is 22.9 Å². The Morgan fingerprint density at radius 2 is 2.21 bits per heavy atom. The first-order chi connectivity index (χ1) is 6.74. The van der Waals surface area contributed by atoms with Crippen LogP contribution in [0, 0.1) is 0 Å². The van der Waals surface area contributed by atoms with E-state index in [2.05, 4.69) is 16.3 Å². The molecule has 1 saturated heterocycles. The first kappa shape index (κ1) is 10.4. The highest BCUT2D eigenvalue weighted by atomic mass is 35.5. The van der Waals surface area contributed by atoms with Crippen LogP contribution in [-0.2, 0) is 6.54 Å². The van der Waals surface area contributed by atoms with Gasteiger partial charge in [-0.2, -0.15) is 0 Å². The quantitative estimate of drug-likeness (QED) is 0.845. The van der Waals surface area contributed by atoms with Gasteiger partial charge in [0, 0.05) is 12.6 Å². The number of thiophene rings is 1. The third-order valence-electron chi connectivity index (χ3n) is 2.66. The van der Waals surface area contributed by atoms with Crippen LogP contribution in [0.3, 0.4) is 0 Å². The van der Waals surface area contributed by atoms with Crippen molar-refractivity contribution >= 4 is 22.9 Å². The largest absolute Gasteiger partial charge is 0.328 e. The van der Waals surface area contributed by atoms with Crippen LogP contribution in [0.5, 0.6) is 0 Å². The molecule has 78 valence electrons. The number of likely N-dealkylation sites (tertiary alicyclic amines) is 1. The number of nitrogens with zero attached hydrogens (tertiary/aromatic N) is 1. The molecule has 14 heavy (non-hydrogen) atoms. The van der Waals surface area contributed by atoms with Crippen molar-refractivity contribution in [2.45, 2.75) is 25.4 Å². The Morgan fingerprint density at radius 3 is 2.79 bits per heavy atom. The molecule has 0 spiro atoms. The minimum absolute atomic E-state index is 0.414. The Balaban J connectivity index is 1.86. The molecule has 1 aliphatic heterocycles. The van der Waals surface area contributed by atoms with Crippen LogP contribution in [0.4, 0.5) is 0 Å². The molecule has 2 N–H and O–H groups in total. The summed E-state index contributed by atoms with van der Waals surface area (Å²) < 4.78 is 0.883. The fourth-order valence-corrected chi connectivity index (χ4v) is 2.70. The van der Waals surface area contributed by atoms with E-state index in [1.54, 1.807) is 11.3 Å². The van der Waals surface area contributed by atoms with Gasteiger partial charge in [-0.25, -0.2) is 0 Å². The predicted octanol–water partition coefficient (Wildman–Crippen LogP) is 2.32. The van der Waals surface area contributed by atoms with Gasteiger partial charge in [0.25, 0.3) is 0 Å². The summed E-state index contributed by atoms with van der Waals surface area (Å²) in [6.45, 7) is 3.26. The fraction of sp³-hybridized carbons (Fsp3) is 0.600. The van der Waals surface area contributed by atoms with Crippen LogP contribution < -0.4 is 5.73 Å². The summed E-state index contributed by atoms with van der Waals surface area (Å²) >= 11 is 7.49. The van der Waals surface area contributed by atoms with Crippen molar-refractivity contribution in [3.63, 3.8) is 0 Å². The van der Waals surface area contributed by atoms with Gasteiger partial charge in [-0.15, -0.1) is 11.3 Å². The second kappa shape index (κ2) is 4.62. The van der Waals surface area contributed by atoms with Crippen molar-refractivity contribution in [2.24, 2.45) is 5.73 Å². The molecular formula is C10H15ClN2S. The minimum Gasteiger partial charge on any atom is -0.328 e. The third-order valence-corrected chi connectivity index (χ3v) is 3.80. The molecule has 0 saturated carbocycles. The molecule has 0 aliphatic carbocycles. The number of hydrogen-bond acceptors (Lipinski definition) is 3. The molecule has 2 heterocycles. The number of piperidine rings is 1. The van der Waals surface area contributed by atoms with Crippen LogP contribution in [0.2, 0.25) is 4.34 Å². The summed E-state index contributed by atoms with van der Waals surface area (Å²) in [6, 6.07) is 2.47. The first-order valence-electron chi connectivity index (χ1n) is 4.95. The van der Waals surface area contributed by atoms with Gasteiger partial charge in [0.15, 0.2) is 0 Å². The van der Waals surface area contributed by atoms with Crippen LogP contribution in [0.1, 0.15) is 18.4 Å². The first-order valence-corrected chi connectivity index (χ1v) is 6.20. The fourth-order valence-electron chi connectivity index (χ4n) is 1.80. The summed E-state index contributed by atoms with van der Waals surface area (Å²) in [5.74, 6) is 0. The van der Waals surface area contributed by atoms with Gasteiger partial charge in [0.05, 0.1) is 4.34 Å². The monoisotopic (exact) mass is 230 g/mol. The molecule has 0 amide bonds. The Kier molecular flexibility index (Phi) is 3.44. The van der Waals surface area contributed by atoms with Gasteiger partial charge in [-0.05, 0) is 42.9 Å². The Labute approximate surface area is 93.7 Å². The van der Waals surface area contributed by atoms with Gasteiger partial charge >= 0.3 is 0 Å². The van der Waals surface area contributed by atoms with Gasteiger partial charge in [-0.1, -0.05) is 11.6 Å². The Bertz CT molecular complexity index is 292. The van der Waals surface area contributed by atoms with E-state index in [9.17, 15) is 0 Å². The van der Waals surface area contributed by atoms with E-state index < -0.39 is 0 Å². The molecule has 0 unspecified atom stereocenters. The topological polar surface area (TPSA) is 29.3 Å². The molecule has 0 bridgehead atoms. The van der Waals surface area contributed by atoms with E-state index in [0.717, 1.165) is 36.8 Å². The molecule has 1 aliphatic rings. The lowest BCUT2D eigenvalue weighted by Crippen LogP contribution is -2.39. The standard InChI is InChI=1S/C10H15ClN2S/c11-10-5-8(7-14-10)6-13-3-1-9(12)2-4-13/h5,7,9H,1-4,6,12H2. The highest BCUT2D eigenvalue weighted by Gasteiger charge is 2.16. The maximum Gasteiger partial charge on any atom is 0.0931 e. The van der Waals surface area contributed by atoms with Gasteiger partial charge < -0.3 is 5.73 Å². The van der Waals surface area contributed by atoms with E-state index in [1.807, 2.05) is 0 Å². The zero-order valence-corrected chi connectivity index (χ0v) is 9.65. The van der Waals surface area contributed by atoms with Crippen molar-refractivity contribution in [2.75, 3.05) is 13.1 Å². The van der Waals surface area contributed by atoms with E-state index in [4.69, 9.17) is 17.3 Å². The molecule has 2 nitrogen and oxygen atoms in total. The average molecular weight is 231 g/mol. The third kappa shape index (κ3) is 2.70. The van der Waals surface area contributed by atoms with Crippen molar-refractivity contribution in [1.82, 2.24) is 4.90 Å². The Hall–Kier alpha value is -0.0900. The molecule has 0 atom stereocenters. The predicted molar refractivity (Wildman–Crippen MR) is 61.8 cm³/mol. The van der Waals surface area contributed by atoms with E-state index >= 15 is 0 Å². The molecule has 1 aromatic heterocycles. The zero-order valence-electron chi connectivity index (χ0n) is 8.08. The lowest BCUT2D eigenvalue weighted by atomic mass is 10.1. The molecular weight excluding hydrogens is 216 g/mol. The molecule has 1 fully saturated rings. The minimum atomic E-state index is 0.414. The number of rotatable bonds is 2. The van der Waals surface area contributed by atoms with Crippen LogP contribution in [0.25, 0.3) is 0 Å². The van der Waals surface area contributed by atoms with E-state index in [-0.39, 0.29) is 0 Å². The van der Waals surface area contributed by atoms with Gasteiger partial charge in [-0.3, -0.25) is 4.90 Å². The maximum atomic E-state index is 5.88. The summed E-state index contributed by atoms with van der Waals surface area (Å²) in [5.41, 5.74) is 7.18. The molecule has 0 aromatic carbocycles. The van der Waals surface area contributed by atoms with E-state index in [0.29, 0.717) is 6.04 Å². The SMILES string of the molecule is NC1CCN(Cc2csc(Cl)c2)CC1. The van der Waals surface area contributed by atoms with Crippen molar-refractivity contribution in [3.8, 4) is 0 Å². The lowest BCUT2D eigenvalue weighted by molar-refractivity contribution is 0.206. The second-order valence-electron chi connectivity index (χ2n) is 3.87. The zero-order chi connectivity index (χ0) is 9.97. The molecule has 4 heteroatoms. The van der Waals surface area contributed by atoms with Crippen LogP contribution in [-0.4, -0.2) is 24.0 Å². The highest BCUT2D eigenvalue weighted by molar-refractivity contribution is 7.14. The normalized spacial score (nSPS) is 20.1. The van der Waals surface area contributed by atoms with Gasteiger partial charge in [0.2, 0.25) is 0 Å².